The van der Waals surface area contributed by atoms with Gasteiger partial charge in [-0.2, -0.15) is 10.4 Å². The van der Waals surface area contributed by atoms with Crippen LogP contribution in [0.1, 0.15) is 43.5 Å². The van der Waals surface area contributed by atoms with Crippen LogP contribution in [0.15, 0.2) is 17.2 Å². The highest BCUT2D eigenvalue weighted by molar-refractivity contribution is 5.57. The molecule has 1 saturated heterocycles. The molecular weight excluding hydrogens is 342 g/mol. The molecule has 0 spiro atoms. The van der Waals surface area contributed by atoms with Gasteiger partial charge in [-0.05, 0) is 31.2 Å². The molecule has 0 bridgehead atoms. The van der Waals surface area contributed by atoms with Crippen molar-refractivity contribution < 1.29 is 0 Å². The number of rotatable bonds is 5. The number of nitrogens with one attached hydrogen (secondary N) is 1. The van der Waals surface area contributed by atoms with Gasteiger partial charge in [-0.1, -0.05) is 13.8 Å². The average molecular weight is 367 g/mol. The Kier molecular flexibility index (Phi) is 5.69. The Morgan fingerprint density at radius 2 is 2.15 bits per heavy atom. The smallest absolute Gasteiger partial charge is 0.293 e. The fraction of sp³-hybridized carbons (Fsp3) is 0.526. The van der Waals surface area contributed by atoms with Gasteiger partial charge in [0.2, 0.25) is 0 Å². The minimum atomic E-state index is -0.101. The molecule has 1 fully saturated rings. The van der Waals surface area contributed by atoms with Crippen molar-refractivity contribution >= 4 is 11.6 Å². The Bertz CT molecular complexity index is 915. The van der Waals surface area contributed by atoms with Crippen LogP contribution in [0.3, 0.4) is 0 Å². The van der Waals surface area contributed by atoms with E-state index in [0.717, 1.165) is 43.5 Å². The maximum Gasteiger partial charge on any atom is 0.293 e. The molecule has 1 N–H and O–H groups in total. The molecule has 0 unspecified atom stereocenters. The second kappa shape index (κ2) is 8.16. The van der Waals surface area contributed by atoms with Crippen molar-refractivity contribution in [2.24, 2.45) is 7.05 Å². The molecule has 8 heteroatoms. The lowest BCUT2D eigenvalue weighted by atomic mass is 10.0. The van der Waals surface area contributed by atoms with Gasteiger partial charge < -0.3 is 14.8 Å². The summed E-state index contributed by atoms with van der Waals surface area (Å²) in [7, 11) is 1.73. The molecule has 3 heterocycles. The maximum absolute atomic E-state index is 12.4. The van der Waals surface area contributed by atoms with E-state index in [9.17, 15) is 10.1 Å². The maximum atomic E-state index is 12.4. The van der Waals surface area contributed by atoms with Crippen molar-refractivity contribution in [1.82, 2.24) is 19.7 Å². The normalized spacial score (nSPS) is 16.8. The van der Waals surface area contributed by atoms with Crippen LogP contribution in [-0.4, -0.2) is 38.9 Å². The zero-order valence-electron chi connectivity index (χ0n) is 16.1. The summed E-state index contributed by atoms with van der Waals surface area (Å²) in [5.41, 5.74) is 2.32. The van der Waals surface area contributed by atoms with Crippen molar-refractivity contribution in [3.63, 3.8) is 0 Å². The number of anilines is 2. The zero-order chi connectivity index (χ0) is 19.4. The van der Waals surface area contributed by atoms with Crippen molar-refractivity contribution in [1.29, 1.82) is 5.26 Å². The second-order valence-corrected chi connectivity index (χ2v) is 6.76. The lowest BCUT2D eigenvalue weighted by Gasteiger charge is -2.34. The van der Waals surface area contributed by atoms with Crippen molar-refractivity contribution in [2.45, 2.75) is 45.6 Å². The second-order valence-electron chi connectivity index (χ2n) is 6.76. The van der Waals surface area contributed by atoms with Crippen LogP contribution < -0.4 is 15.8 Å². The molecule has 1 aliphatic rings. The predicted octanol–water partition coefficient (Wildman–Crippen LogP) is 1.65. The lowest BCUT2D eigenvalue weighted by Crippen LogP contribution is -2.45. The molecule has 2 aromatic heterocycles. The summed E-state index contributed by atoms with van der Waals surface area (Å²) >= 11 is 0. The van der Waals surface area contributed by atoms with E-state index in [0.29, 0.717) is 23.7 Å². The Hall–Kier alpha value is -2.95. The van der Waals surface area contributed by atoms with E-state index in [-0.39, 0.29) is 11.6 Å². The zero-order valence-corrected chi connectivity index (χ0v) is 16.1. The number of aromatic nitrogens is 4. The molecule has 1 aliphatic heterocycles. The van der Waals surface area contributed by atoms with Gasteiger partial charge in [-0.15, -0.1) is 5.10 Å². The number of nitrogens with zero attached hydrogens (tertiary/aromatic N) is 6. The number of nitriles is 1. The Morgan fingerprint density at radius 3 is 2.85 bits per heavy atom. The third kappa shape index (κ3) is 3.77. The van der Waals surface area contributed by atoms with Crippen LogP contribution in [0.5, 0.6) is 0 Å². The third-order valence-electron chi connectivity index (χ3n) is 5.02. The third-order valence-corrected chi connectivity index (χ3v) is 5.02. The minimum Gasteiger partial charge on any atom is -0.363 e. The molecule has 2 aromatic rings. The van der Waals surface area contributed by atoms with Gasteiger partial charge in [-0.25, -0.2) is 4.98 Å². The van der Waals surface area contributed by atoms with Crippen molar-refractivity contribution in [3.8, 4) is 6.07 Å². The van der Waals surface area contributed by atoms with Gasteiger partial charge in [0, 0.05) is 38.6 Å². The number of hydrogen-bond donors (Lipinski definition) is 1. The lowest BCUT2D eigenvalue weighted by molar-refractivity contribution is 0.521. The molecule has 142 valence electrons. The molecule has 8 nitrogen and oxygen atoms in total. The molecule has 3 rings (SSSR count). The fourth-order valence-corrected chi connectivity index (χ4v) is 3.58. The summed E-state index contributed by atoms with van der Waals surface area (Å²) < 4.78 is 1.54. The van der Waals surface area contributed by atoms with E-state index in [2.05, 4.69) is 26.6 Å². The molecule has 0 aliphatic carbocycles. The van der Waals surface area contributed by atoms with Gasteiger partial charge in [0.25, 0.3) is 5.56 Å². The Labute approximate surface area is 158 Å². The summed E-state index contributed by atoms with van der Waals surface area (Å²) in [6.45, 7) is 5.47. The Morgan fingerprint density at radius 1 is 1.33 bits per heavy atom. The Balaban J connectivity index is 1.83. The van der Waals surface area contributed by atoms with Crippen molar-refractivity contribution in [2.75, 3.05) is 23.3 Å². The van der Waals surface area contributed by atoms with Gasteiger partial charge >= 0.3 is 0 Å². The predicted molar refractivity (Wildman–Crippen MR) is 104 cm³/mol. The van der Waals surface area contributed by atoms with E-state index >= 15 is 0 Å². The van der Waals surface area contributed by atoms with Crippen LogP contribution in [0.4, 0.5) is 11.6 Å². The van der Waals surface area contributed by atoms with Gasteiger partial charge in [0.1, 0.15) is 11.6 Å². The van der Waals surface area contributed by atoms with E-state index in [4.69, 9.17) is 0 Å². The summed E-state index contributed by atoms with van der Waals surface area (Å²) in [5.74, 6) is 1.00. The summed E-state index contributed by atoms with van der Waals surface area (Å²) in [5, 5.41) is 21.6. The van der Waals surface area contributed by atoms with Crippen molar-refractivity contribution in [3.05, 3.63) is 39.6 Å². The first-order valence-electron chi connectivity index (χ1n) is 9.40. The average Bonchev–Trinajstić information content (AvgIpc) is 2.69. The number of hydrogen-bond acceptors (Lipinski definition) is 7. The van der Waals surface area contributed by atoms with Crippen LogP contribution in [0.2, 0.25) is 0 Å². The molecule has 0 radical (unpaired) electrons. The van der Waals surface area contributed by atoms with Gasteiger partial charge in [-0.3, -0.25) is 4.79 Å². The van der Waals surface area contributed by atoms with Crippen LogP contribution in [0.25, 0.3) is 0 Å². The van der Waals surface area contributed by atoms with Crippen LogP contribution in [0, 0.1) is 11.3 Å². The molecule has 0 saturated carbocycles. The number of piperidine rings is 1. The quantitative estimate of drug-likeness (QED) is 0.857. The van der Waals surface area contributed by atoms with Crippen LogP contribution >= 0.6 is 0 Å². The molecular formula is C19H25N7O. The summed E-state index contributed by atoms with van der Waals surface area (Å²) in [4.78, 5) is 18.6. The van der Waals surface area contributed by atoms with E-state index in [1.54, 1.807) is 19.4 Å². The van der Waals surface area contributed by atoms with Gasteiger partial charge in [0.05, 0.1) is 5.69 Å². The highest BCUT2D eigenvalue weighted by atomic mass is 16.1. The standard InChI is InChI=1S/C19H25N7O/c1-4-14-15(11-20)17(24-23-16(14)5-2)22-13-7-6-9-26(12-13)18-19(27)25(3)10-8-21-18/h8,10,13H,4-7,9,12H2,1-3H3,(H,22,24)/t13-/m1/s1. The summed E-state index contributed by atoms with van der Waals surface area (Å²) in [6.07, 6.45) is 6.67. The SMILES string of the molecule is CCc1nnc(N[C@@H]2CCCN(c3nccn(C)c3=O)C2)c(C#N)c1CC. The fourth-order valence-electron chi connectivity index (χ4n) is 3.58. The minimum absolute atomic E-state index is 0.0732. The van der Waals surface area contributed by atoms with E-state index < -0.39 is 0 Å². The molecule has 0 aromatic carbocycles. The first-order chi connectivity index (χ1) is 13.1. The van der Waals surface area contributed by atoms with E-state index in [1.165, 1.54) is 4.57 Å². The monoisotopic (exact) mass is 367 g/mol. The van der Waals surface area contributed by atoms with Crippen LogP contribution in [-0.2, 0) is 19.9 Å². The topological polar surface area (TPSA) is 99.7 Å². The number of aryl methyl sites for hydroxylation is 2. The summed E-state index contributed by atoms with van der Waals surface area (Å²) in [6, 6.07) is 2.37. The molecule has 27 heavy (non-hydrogen) atoms. The molecule has 1 atom stereocenters. The first-order valence-corrected chi connectivity index (χ1v) is 9.40. The highest BCUT2D eigenvalue weighted by Gasteiger charge is 2.25. The van der Waals surface area contributed by atoms with Gasteiger partial charge in [0.15, 0.2) is 11.6 Å². The largest absolute Gasteiger partial charge is 0.363 e. The highest BCUT2D eigenvalue weighted by Crippen LogP contribution is 2.23. The molecule has 0 amide bonds. The van der Waals surface area contributed by atoms with E-state index in [1.807, 2.05) is 18.7 Å². The first kappa shape index (κ1) is 18.8.